The predicted octanol–water partition coefficient (Wildman–Crippen LogP) is 1.11. The minimum absolute atomic E-state index is 0.142. The number of rotatable bonds is 2. The smallest absolute Gasteiger partial charge is 0.358 e. The van der Waals surface area contributed by atoms with E-state index in [0.717, 1.165) is 0 Å². The molecule has 0 bridgehead atoms. The van der Waals surface area contributed by atoms with E-state index < -0.39 is 4.92 Å². The third-order valence-corrected chi connectivity index (χ3v) is 2.27. The van der Waals surface area contributed by atoms with Crippen LogP contribution in [0, 0.1) is 10.1 Å². The lowest BCUT2D eigenvalue weighted by Gasteiger charge is -1.93. The molecular formula is C5H4N4O3S. The Balaban J connectivity index is 2.77. The molecule has 2 aromatic rings. The molecule has 8 heteroatoms. The summed E-state index contributed by atoms with van der Waals surface area (Å²) < 4.78 is 1.29. The lowest BCUT2D eigenvalue weighted by molar-refractivity contribution is -0.389. The second kappa shape index (κ2) is 2.68. The van der Waals surface area contributed by atoms with E-state index in [0.29, 0.717) is 4.96 Å². The summed E-state index contributed by atoms with van der Waals surface area (Å²) in [6.45, 7) is 0. The van der Waals surface area contributed by atoms with Crippen molar-refractivity contribution >= 4 is 27.9 Å². The van der Waals surface area contributed by atoms with Crippen LogP contribution in [0.15, 0.2) is 11.6 Å². The van der Waals surface area contributed by atoms with E-state index in [1.807, 2.05) is 0 Å². The molecule has 0 spiro atoms. The number of hydrogen-bond acceptors (Lipinski definition) is 6. The lowest BCUT2D eigenvalue weighted by atomic mass is 10.6. The number of imidazole rings is 1. The van der Waals surface area contributed by atoms with Gasteiger partial charge in [-0.15, -0.1) is 0 Å². The maximum absolute atomic E-state index is 10.6. The van der Waals surface area contributed by atoms with Crippen LogP contribution >= 0.6 is 11.3 Å². The number of nitro groups is 1. The molecule has 0 unspecified atom stereocenters. The minimum Gasteiger partial charge on any atom is -0.358 e. The van der Waals surface area contributed by atoms with Gasteiger partial charge in [0.2, 0.25) is 0 Å². The van der Waals surface area contributed by atoms with Crippen LogP contribution in [-0.2, 0) is 0 Å². The summed E-state index contributed by atoms with van der Waals surface area (Å²) in [6.07, 6.45) is 1.52. The van der Waals surface area contributed by atoms with Crippen LogP contribution in [0.2, 0.25) is 0 Å². The Bertz CT molecular complexity index is 461. The zero-order valence-corrected chi connectivity index (χ0v) is 6.98. The molecule has 0 amide bonds. The lowest BCUT2D eigenvalue weighted by Crippen LogP contribution is -1.97. The number of fused-ring (bicyclic) bond motifs is 1. The van der Waals surface area contributed by atoms with Crippen molar-refractivity contribution in [2.24, 2.45) is 0 Å². The number of nitrogens with one attached hydrogen (secondary N) is 1. The van der Waals surface area contributed by atoms with Gasteiger partial charge in [0.1, 0.15) is 6.20 Å². The van der Waals surface area contributed by atoms with Gasteiger partial charge >= 0.3 is 5.82 Å². The first-order valence-corrected chi connectivity index (χ1v) is 4.12. The van der Waals surface area contributed by atoms with Gasteiger partial charge in [-0.25, -0.2) is 5.48 Å². The van der Waals surface area contributed by atoms with Crippen LogP contribution in [0.5, 0.6) is 0 Å². The fourth-order valence-corrected chi connectivity index (χ4v) is 1.73. The third kappa shape index (κ3) is 1.03. The first kappa shape index (κ1) is 7.95. The SMILES string of the molecule is O=[N+]([O-])c1c(NO)nc2sccn12. The van der Waals surface area contributed by atoms with Crippen LogP contribution in [0.1, 0.15) is 0 Å². The highest BCUT2D eigenvalue weighted by Crippen LogP contribution is 2.27. The third-order valence-electron chi connectivity index (χ3n) is 1.52. The average molecular weight is 200 g/mol. The molecule has 2 N–H and O–H groups in total. The molecule has 0 aliphatic heterocycles. The summed E-state index contributed by atoms with van der Waals surface area (Å²) in [5.74, 6) is -0.407. The minimum atomic E-state index is -0.606. The Hall–Kier alpha value is -1.67. The molecule has 0 aliphatic rings. The Morgan fingerprint density at radius 1 is 1.77 bits per heavy atom. The van der Waals surface area contributed by atoms with Crippen LogP contribution in [-0.4, -0.2) is 19.5 Å². The number of nitrogens with zero attached hydrogens (tertiary/aromatic N) is 3. The highest BCUT2D eigenvalue weighted by Gasteiger charge is 2.22. The van der Waals surface area contributed by atoms with Crippen molar-refractivity contribution in [1.29, 1.82) is 0 Å². The van der Waals surface area contributed by atoms with Crippen molar-refractivity contribution < 1.29 is 10.1 Å². The van der Waals surface area contributed by atoms with Crippen molar-refractivity contribution in [3.63, 3.8) is 0 Å². The second-order valence-corrected chi connectivity index (χ2v) is 3.08. The standard InChI is InChI=1S/C5H4N4O3S/c10-7-3-4(9(11)12)8-1-2-13-5(8)6-3/h1-2,7,10H. The fraction of sp³-hybridized carbons (Fsp3) is 0. The molecule has 0 aliphatic carbocycles. The molecule has 0 radical (unpaired) electrons. The Labute approximate surface area is 75.4 Å². The summed E-state index contributed by atoms with van der Waals surface area (Å²) in [6, 6.07) is 0. The molecule has 13 heavy (non-hydrogen) atoms. The van der Waals surface area contributed by atoms with Gasteiger partial charge in [-0.05, 0) is 4.92 Å². The highest BCUT2D eigenvalue weighted by atomic mass is 32.1. The summed E-state index contributed by atoms with van der Waals surface area (Å²) in [4.78, 5) is 14.2. The number of anilines is 1. The van der Waals surface area contributed by atoms with Gasteiger partial charge in [-0.1, -0.05) is 11.3 Å². The van der Waals surface area contributed by atoms with Gasteiger partial charge in [0.25, 0.3) is 10.8 Å². The fourth-order valence-electron chi connectivity index (χ4n) is 1.02. The van der Waals surface area contributed by atoms with Crippen LogP contribution in [0.25, 0.3) is 4.96 Å². The molecular weight excluding hydrogens is 196 g/mol. The first-order valence-electron chi connectivity index (χ1n) is 3.24. The van der Waals surface area contributed by atoms with Gasteiger partial charge in [0, 0.05) is 5.38 Å². The monoisotopic (exact) mass is 200 g/mol. The van der Waals surface area contributed by atoms with Crippen LogP contribution in [0.4, 0.5) is 11.6 Å². The van der Waals surface area contributed by atoms with E-state index in [1.165, 1.54) is 21.9 Å². The van der Waals surface area contributed by atoms with Gasteiger partial charge in [0.15, 0.2) is 0 Å². The molecule has 0 fully saturated rings. The van der Waals surface area contributed by atoms with Gasteiger partial charge in [-0.2, -0.15) is 9.38 Å². The molecule has 0 aromatic carbocycles. The van der Waals surface area contributed by atoms with Gasteiger partial charge in [0.05, 0.1) is 0 Å². The molecule has 2 rings (SSSR count). The zero-order valence-electron chi connectivity index (χ0n) is 6.17. The molecule has 7 nitrogen and oxygen atoms in total. The van der Waals surface area contributed by atoms with E-state index in [9.17, 15) is 10.1 Å². The van der Waals surface area contributed by atoms with Gasteiger partial charge in [-0.3, -0.25) is 5.21 Å². The Kier molecular flexibility index (Phi) is 1.64. The van der Waals surface area contributed by atoms with E-state index >= 15 is 0 Å². The Morgan fingerprint density at radius 2 is 2.54 bits per heavy atom. The molecule has 2 aromatic heterocycles. The normalized spacial score (nSPS) is 10.5. The van der Waals surface area contributed by atoms with E-state index in [4.69, 9.17) is 5.21 Å². The molecule has 0 saturated heterocycles. The largest absolute Gasteiger partial charge is 0.375 e. The zero-order chi connectivity index (χ0) is 9.42. The number of hydrogen-bond donors (Lipinski definition) is 2. The summed E-state index contributed by atoms with van der Waals surface area (Å²) >= 11 is 1.25. The van der Waals surface area contributed by atoms with E-state index in [-0.39, 0.29) is 11.6 Å². The van der Waals surface area contributed by atoms with Crippen molar-refractivity contribution in [2.45, 2.75) is 0 Å². The van der Waals surface area contributed by atoms with Crippen molar-refractivity contribution in [3.8, 4) is 0 Å². The maximum atomic E-state index is 10.6. The van der Waals surface area contributed by atoms with Crippen molar-refractivity contribution in [2.75, 3.05) is 5.48 Å². The van der Waals surface area contributed by atoms with E-state index in [2.05, 4.69) is 4.98 Å². The maximum Gasteiger partial charge on any atom is 0.375 e. The predicted molar refractivity (Wildman–Crippen MR) is 45.1 cm³/mol. The quantitative estimate of drug-likeness (QED) is 0.559. The molecule has 0 atom stereocenters. The van der Waals surface area contributed by atoms with Gasteiger partial charge < -0.3 is 10.1 Å². The van der Waals surface area contributed by atoms with Crippen molar-refractivity contribution in [3.05, 3.63) is 21.7 Å². The molecule has 68 valence electrons. The number of aromatic nitrogens is 2. The highest BCUT2D eigenvalue weighted by molar-refractivity contribution is 7.15. The Morgan fingerprint density at radius 3 is 3.15 bits per heavy atom. The molecule has 2 heterocycles. The van der Waals surface area contributed by atoms with Crippen molar-refractivity contribution in [1.82, 2.24) is 9.38 Å². The summed E-state index contributed by atoms with van der Waals surface area (Å²) in [5, 5.41) is 20.8. The summed E-state index contributed by atoms with van der Waals surface area (Å²) in [7, 11) is 0. The topological polar surface area (TPSA) is 92.7 Å². The number of thiazole rings is 1. The molecule has 0 saturated carbocycles. The average Bonchev–Trinajstić information content (AvgIpc) is 2.59. The van der Waals surface area contributed by atoms with Crippen LogP contribution < -0.4 is 5.48 Å². The second-order valence-electron chi connectivity index (χ2n) is 2.21. The summed E-state index contributed by atoms with van der Waals surface area (Å²) in [5.41, 5.74) is 1.69. The van der Waals surface area contributed by atoms with Crippen LogP contribution in [0.3, 0.4) is 0 Å². The van der Waals surface area contributed by atoms with E-state index in [1.54, 1.807) is 10.9 Å². The first-order chi connectivity index (χ1) is 6.24.